The van der Waals surface area contributed by atoms with Gasteiger partial charge in [-0.3, -0.25) is 0 Å². The SMILES string of the molecule is Cc1ccc(NC(=O)Nc2cccc(Cl)c2C)cc1. The molecule has 0 atom stereocenters. The van der Waals surface area contributed by atoms with Crippen molar-refractivity contribution in [1.82, 2.24) is 0 Å². The third-order valence-electron chi connectivity index (χ3n) is 2.83. The minimum Gasteiger partial charge on any atom is -0.308 e. The van der Waals surface area contributed by atoms with Crippen LogP contribution in [0.3, 0.4) is 0 Å². The van der Waals surface area contributed by atoms with Crippen LogP contribution in [-0.2, 0) is 0 Å². The molecular weight excluding hydrogens is 260 g/mol. The molecular formula is C15H15ClN2O. The molecule has 0 unspecified atom stereocenters. The molecule has 2 amide bonds. The first-order valence-corrected chi connectivity index (χ1v) is 6.34. The lowest BCUT2D eigenvalue weighted by atomic mass is 10.2. The van der Waals surface area contributed by atoms with Crippen molar-refractivity contribution in [3.05, 3.63) is 58.6 Å². The smallest absolute Gasteiger partial charge is 0.308 e. The van der Waals surface area contributed by atoms with Gasteiger partial charge in [0.1, 0.15) is 0 Å². The normalized spacial score (nSPS) is 10.1. The van der Waals surface area contributed by atoms with Gasteiger partial charge in [-0.25, -0.2) is 4.79 Å². The van der Waals surface area contributed by atoms with Crippen molar-refractivity contribution in [3.63, 3.8) is 0 Å². The summed E-state index contributed by atoms with van der Waals surface area (Å²) in [5, 5.41) is 6.18. The molecule has 0 radical (unpaired) electrons. The van der Waals surface area contributed by atoms with Crippen LogP contribution in [0.4, 0.5) is 16.2 Å². The zero-order valence-corrected chi connectivity index (χ0v) is 11.6. The number of aryl methyl sites for hydroxylation is 1. The highest BCUT2D eigenvalue weighted by molar-refractivity contribution is 6.31. The molecule has 2 N–H and O–H groups in total. The molecule has 0 aliphatic heterocycles. The van der Waals surface area contributed by atoms with E-state index < -0.39 is 0 Å². The molecule has 2 rings (SSSR count). The van der Waals surface area contributed by atoms with E-state index in [2.05, 4.69) is 10.6 Å². The number of hydrogen-bond acceptors (Lipinski definition) is 1. The summed E-state index contributed by atoms with van der Waals surface area (Å²) in [6, 6.07) is 12.7. The fourth-order valence-electron chi connectivity index (χ4n) is 1.66. The van der Waals surface area contributed by atoms with Gasteiger partial charge in [0.05, 0.1) is 0 Å². The zero-order chi connectivity index (χ0) is 13.8. The molecule has 4 heteroatoms. The Balaban J connectivity index is 2.05. The van der Waals surface area contributed by atoms with E-state index in [1.807, 2.05) is 44.2 Å². The van der Waals surface area contributed by atoms with E-state index >= 15 is 0 Å². The van der Waals surface area contributed by atoms with E-state index in [0.29, 0.717) is 10.7 Å². The van der Waals surface area contributed by atoms with E-state index in [9.17, 15) is 4.79 Å². The van der Waals surface area contributed by atoms with Gasteiger partial charge in [-0.05, 0) is 43.7 Å². The van der Waals surface area contributed by atoms with Crippen molar-refractivity contribution in [2.45, 2.75) is 13.8 Å². The van der Waals surface area contributed by atoms with E-state index in [1.165, 1.54) is 0 Å². The number of rotatable bonds is 2. The highest BCUT2D eigenvalue weighted by Crippen LogP contribution is 2.23. The second-order valence-corrected chi connectivity index (χ2v) is 4.76. The Kier molecular flexibility index (Phi) is 4.07. The van der Waals surface area contributed by atoms with Crippen molar-refractivity contribution < 1.29 is 4.79 Å². The number of hydrogen-bond donors (Lipinski definition) is 2. The Labute approximate surface area is 117 Å². The van der Waals surface area contributed by atoms with Gasteiger partial charge in [-0.2, -0.15) is 0 Å². The number of carbonyl (C=O) groups is 1. The molecule has 19 heavy (non-hydrogen) atoms. The van der Waals surface area contributed by atoms with Gasteiger partial charge in [0, 0.05) is 16.4 Å². The van der Waals surface area contributed by atoms with E-state index in [-0.39, 0.29) is 6.03 Å². The molecule has 0 fully saturated rings. The molecule has 0 aromatic heterocycles. The van der Waals surface area contributed by atoms with Gasteiger partial charge in [0.15, 0.2) is 0 Å². The van der Waals surface area contributed by atoms with Crippen molar-refractivity contribution >= 4 is 29.0 Å². The summed E-state index contributed by atoms with van der Waals surface area (Å²) in [7, 11) is 0. The quantitative estimate of drug-likeness (QED) is 0.825. The second kappa shape index (κ2) is 5.76. The van der Waals surface area contributed by atoms with Crippen LogP contribution in [0, 0.1) is 13.8 Å². The molecule has 0 saturated heterocycles. The number of nitrogens with one attached hydrogen (secondary N) is 2. The number of urea groups is 1. The molecule has 0 heterocycles. The monoisotopic (exact) mass is 274 g/mol. The number of halogens is 1. The van der Waals surface area contributed by atoms with Crippen LogP contribution >= 0.6 is 11.6 Å². The topological polar surface area (TPSA) is 41.1 Å². The average Bonchev–Trinajstić information content (AvgIpc) is 2.38. The Bertz CT molecular complexity index is 594. The predicted octanol–water partition coefficient (Wildman–Crippen LogP) is 4.60. The largest absolute Gasteiger partial charge is 0.323 e. The number of benzene rings is 2. The second-order valence-electron chi connectivity index (χ2n) is 4.36. The zero-order valence-electron chi connectivity index (χ0n) is 10.8. The summed E-state index contributed by atoms with van der Waals surface area (Å²) < 4.78 is 0. The van der Waals surface area contributed by atoms with Crippen LogP contribution < -0.4 is 10.6 Å². The van der Waals surface area contributed by atoms with Crippen molar-refractivity contribution in [2.24, 2.45) is 0 Å². The molecule has 0 saturated carbocycles. The summed E-state index contributed by atoms with van der Waals surface area (Å²) in [4.78, 5) is 11.9. The minimum atomic E-state index is -0.283. The maximum absolute atomic E-state index is 11.9. The van der Waals surface area contributed by atoms with Gasteiger partial charge in [-0.15, -0.1) is 0 Å². The van der Waals surface area contributed by atoms with Gasteiger partial charge in [0.2, 0.25) is 0 Å². The summed E-state index contributed by atoms with van der Waals surface area (Å²) >= 11 is 6.00. The van der Waals surface area contributed by atoms with Crippen LogP contribution in [0.15, 0.2) is 42.5 Å². The Hall–Kier alpha value is -2.00. The van der Waals surface area contributed by atoms with Gasteiger partial charge in [0.25, 0.3) is 0 Å². The summed E-state index contributed by atoms with van der Waals surface area (Å²) in [5.74, 6) is 0. The molecule has 0 bridgehead atoms. The van der Waals surface area contributed by atoms with Crippen molar-refractivity contribution in [1.29, 1.82) is 0 Å². The highest BCUT2D eigenvalue weighted by Gasteiger charge is 2.06. The van der Waals surface area contributed by atoms with Crippen LogP contribution in [0.25, 0.3) is 0 Å². The van der Waals surface area contributed by atoms with Gasteiger partial charge < -0.3 is 10.6 Å². The molecule has 0 aliphatic carbocycles. The first-order chi connectivity index (χ1) is 9.06. The summed E-state index contributed by atoms with van der Waals surface area (Å²) in [6.45, 7) is 3.86. The lowest BCUT2D eigenvalue weighted by molar-refractivity contribution is 0.262. The number of anilines is 2. The molecule has 0 spiro atoms. The summed E-state index contributed by atoms with van der Waals surface area (Å²) in [5.41, 5.74) is 3.46. The molecule has 2 aromatic rings. The highest BCUT2D eigenvalue weighted by atomic mass is 35.5. The Morgan fingerprint density at radius 3 is 2.37 bits per heavy atom. The third kappa shape index (κ3) is 3.48. The predicted molar refractivity (Wildman–Crippen MR) is 80.0 cm³/mol. The first-order valence-electron chi connectivity index (χ1n) is 5.96. The molecule has 98 valence electrons. The van der Waals surface area contributed by atoms with Gasteiger partial charge in [-0.1, -0.05) is 35.4 Å². The number of carbonyl (C=O) groups excluding carboxylic acids is 1. The fraction of sp³-hybridized carbons (Fsp3) is 0.133. The Morgan fingerprint density at radius 2 is 1.68 bits per heavy atom. The number of amides is 2. The standard InChI is InChI=1S/C15H15ClN2O/c1-10-6-8-12(9-7-10)17-15(19)18-14-5-3-4-13(16)11(14)2/h3-9H,1-2H3,(H2,17,18,19). The van der Waals surface area contributed by atoms with Crippen LogP contribution in [0.1, 0.15) is 11.1 Å². The van der Waals surface area contributed by atoms with Crippen LogP contribution in [0.5, 0.6) is 0 Å². The minimum absolute atomic E-state index is 0.283. The lowest BCUT2D eigenvalue weighted by Gasteiger charge is -2.10. The van der Waals surface area contributed by atoms with E-state index in [4.69, 9.17) is 11.6 Å². The van der Waals surface area contributed by atoms with Crippen molar-refractivity contribution in [3.8, 4) is 0 Å². The Morgan fingerprint density at radius 1 is 1.00 bits per heavy atom. The molecule has 2 aromatic carbocycles. The fourth-order valence-corrected chi connectivity index (χ4v) is 1.84. The maximum Gasteiger partial charge on any atom is 0.323 e. The lowest BCUT2D eigenvalue weighted by Crippen LogP contribution is -2.19. The average molecular weight is 275 g/mol. The maximum atomic E-state index is 11.9. The van der Waals surface area contributed by atoms with E-state index in [1.54, 1.807) is 12.1 Å². The first kappa shape index (κ1) is 13.4. The van der Waals surface area contributed by atoms with Gasteiger partial charge >= 0.3 is 6.03 Å². The molecule has 0 aliphatic rings. The van der Waals surface area contributed by atoms with E-state index in [0.717, 1.165) is 16.8 Å². The molecule has 3 nitrogen and oxygen atoms in total. The van der Waals surface area contributed by atoms with Crippen LogP contribution in [-0.4, -0.2) is 6.03 Å². The summed E-state index contributed by atoms with van der Waals surface area (Å²) in [6.07, 6.45) is 0. The third-order valence-corrected chi connectivity index (χ3v) is 3.23. The van der Waals surface area contributed by atoms with Crippen LogP contribution in [0.2, 0.25) is 5.02 Å². The van der Waals surface area contributed by atoms with Crippen molar-refractivity contribution in [2.75, 3.05) is 10.6 Å².